The van der Waals surface area contributed by atoms with Crippen molar-refractivity contribution in [2.45, 2.75) is 12.8 Å². The summed E-state index contributed by atoms with van der Waals surface area (Å²) in [6, 6.07) is 6.10. The van der Waals surface area contributed by atoms with Crippen LogP contribution in [0.1, 0.15) is 11.1 Å². The molecule has 1 amide bonds. The van der Waals surface area contributed by atoms with Crippen LogP contribution in [0.25, 0.3) is 10.9 Å². The zero-order valence-electron chi connectivity index (χ0n) is 10.9. The second-order valence-electron chi connectivity index (χ2n) is 4.70. The molecule has 0 unspecified atom stereocenters. The number of amides is 1. The van der Waals surface area contributed by atoms with Crippen LogP contribution in [-0.4, -0.2) is 36.4 Å². The minimum Gasteiger partial charge on any atom is -0.361 e. The number of carbonyl (C=O) groups is 1. The van der Waals surface area contributed by atoms with Gasteiger partial charge in [-0.1, -0.05) is 6.07 Å². The normalized spacial score (nSPS) is 10.8. The molecule has 0 bridgehead atoms. The second-order valence-corrected chi connectivity index (χ2v) is 4.70. The van der Waals surface area contributed by atoms with Gasteiger partial charge in [-0.05, 0) is 36.2 Å². The standard InChI is InChI=1S/C14H19N3O/c1-17(2)14(18)8-10-3-4-13-12(7-10)11(5-6-15)9-16-13/h3-4,7,9,16H,5-6,8,15H2,1-2H3. The fraction of sp³-hybridized carbons (Fsp3) is 0.357. The lowest BCUT2D eigenvalue weighted by molar-refractivity contribution is -0.127. The minimum atomic E-state index is 0.116. The van der Waals surface area contributed by atoms with E-state index in [1.807, 2.05) is 18.3 Å². The van der Waals surface area contributed by atoms with Crippen LogP contribution >= 0.6 is 0 Å². The number of likely N-dealkylation sites (N-methyl/N-ethyl adjacent to an activating group) is 1. The predicted molar refractivity (Wildman–Crippen MR) is 73.5 cm³/mol. The summed E-state index contributed by atoms with van der Waals surface area (Å²) in [6.45, 7) is 0.633. The van der Waals surface area contributed by atoms with Crippen LogP contribution in [0.15, 0.2) is 24.4 Å². The minimum absolute atomic E-state index is 0.116. The van der Waals surface area contributed by atoms with Gasteiger partial charge in [0.25, 0.3) is 0 Å². The Morgan fingerprint density at radius 3 is 2.83 bits per heavy atom. The molecule has 0 saturated heterocycles. The fourth-order valence-corrected chi connectivity index (χ4v) is 2.03. The number of benzene rings is 1. The lowest BCUT2D eigenvalue weighted by Gasteiger charge is -2.10. The summed E-state index contributed by atoms with van der Waals surface area (Å²) < 4.78 is 0. The number of nitrogens with zero attached hydrogens (tertiary/aromatic N) is 1. The van der Waals surface area contributed by atoms with E-state index in [-0.39, 0.29) is 5.91 Å². The maximum atomic E-state index is 11.7. The van der Waals surface area contributed by atoms with Crippen molar-refractivity contribution < 1.29 is 4.79 Å². The van der Waals surface area contributed by atoms with Crippen LogP contribution in [0.5, 0.6) is 0 Å². The van der Waals surface area contributed by atoms with Gasteiger partial charge in [0.05, 0.1) is 6.42 Å². The average Bonchev–Trinajstić information content (AvgIpc) is 2.72. The Balaban J connectivity index is 2.30. The van der Waals surface area contributed by atoms with E-state index in [2.05, 4.69) is 11.1 Å². The molecule has 3 N–H and O–H groups in total. The van der Waals surface area contributed by atoms with Crippen molar-refractivity contribution in [3.63, 3.8) is 0 Å². The van der Waals surface area contributed by atoms with E-state index in [1.54, 1.807) is 19.0 Å². The molecule has 96 valence electrons. The number of fused-ring (bicyclic) bond motifs is 1. The molecule has 0 aliphatic carbocycles. The molecule has 4 nitrogen and oxygen atoms in total. The van der Waals surface area contributed by atoms with Gasteiger partial charge in [-0.2, -0.15) is 0 Å². The predicted octanol–water partition coefficient (Wildman–Crippen LogP) is 1.30. The molecule has 0 atom stereocenters. The number of H-pyrrole nitrogens is 1. The Labute approximate surface area is 107 Å². The zero-order valence-corrected chi connectivity index (χ0v) is 10.9. The number of nitrogens with two attached hydrogens (primary N) is 1. The molecule has 1 aromatic heterocycles. The highest BCUT2D eigenvalue weighted by molar-refractivity contribution is 5.86. The number of hydrogen-bond acceptors (Lipinski definition) is 2. The molecule has 0 aliphatic heterocycles. The van der Waals surface area contributed by atoms with Gasteiger partial charge in [0.15, 0.2) is 0 Å². The smallest absolute Gasteiger partial charge is 0.226 e. The SMILES string of the molecule is CN(C)C(=O)Cc1ccc2[nH]cc(CCN)c2c1. The van der Waals surface area contributed by atoms with Crippen LogP contribution in [0.3, 0.4) is 0 Å². The van der Waals surface area contributed by atoms with E-state index in [0.29, 0.717) is 13.0 Å². The molecule has 0 radical (unpaired) electrons. The molecule has 1 heterocycles. The Bertz CT molecular complexity index is 557. The summed E-state index contributed by atoms with van der Waals surface area (Å²) in [7, 11) is 3.55. The van der Waals surface area contributed by atoms with Gasteiger partial charge in [0.2, 0.25) is 5.91 Å². The summed E-state index contributed by atoms with van der Waals surface area (Å²) in [4.78, 5) is 16.5. The van der Waals surface area contributed by atoms with Gasteiger partial charge in [-0.15, -0.1) is 0 Å². The molecule has 4 heteroatoms. The van der Waals surface area contributed by atoms with Gasteiger partial charge >= 0.3 is 0 Å². The van der Waals surface area contributed by atoms with Crippen molar-refractivity contribution in [2.24, 2.45) is 5.73 Å². The van der Waals surface area contributed by atoms with E-state index in [9.17, 15) is 4.79 Å². The number of carbonyl (C=O) groups excluding carboxylic acids is 1. The summed E-state index contributed by atoms with van der Waals surface area (Å²) >= 11 is 0. The van der Waals surface area contributed by atoms with Gasteiger partial charge in [-0.3, -0.25) is 4.79 Å². The highest BCUT2D eigenvalue weighted by Crippen LogP contribution is 2.20. The first-order valence-electron chi connectivity index (χ1n) is 6.11. The molecule has 1 aromatic carbocycles. The van der Waals surface area contributed by atoms with Gasteiger partial charge in [0, 0.05) is 31.2 Å². The van der Waals surface area contributed by atoms with Crippen molar-refractivity contribution in [3.05, 3.63) is 35.5 Å². The summed E-state index contributed by atoms with van der Waals surface area (Å²) in [5, 5.41) is 1.17. The van der Waals surface area contributed by atoms with E-state index in [0.717, 1.165) is 17.5 Å². The Morgan fingerprint density at radius 2 is 2.17 bits per heavy atom. The third-order valence-corrected chi connectivity index (χ3v) is 3.10. The number of rotatable bonds is 4. The van der Waals surface area contributed by atoms with E-state index in [1.165, 1.54) is 10.9 Å². The molecule has 2 aromatic rings. The highest BCUT2D eigenvalue weighted by Gasteiger charge is 2.08. The first kappa shape index (κ1) is 12.6. The van der Waals surface area contributed by atoms with E-state index < -0.39 is 0 Å². The number of aromatic nitrogens is 1. The number of aromatic amines is 1. The highest BCUT2D eigenvalue weighted by atomic mass is 16.2. The third-order valence-electron chi connectivity index (χ3n) is 3.10. The molecular formula is C14H19N3O. The maximum Gasteiger partial charge on any atom is 0.226 e. The lowest BCUT2D eigenvalue weighted by Crippen LogP contribution is -2.23. The van der Waals surface area contributed by atoms with E-state index >= 15 is 0 Å². The van der Waals surface area contributed by atoms with Crippen molar-refractivity contribution in [2.75, 3.05) is 20.6 Å². The molecular weight excluding hydrogens is 226 g/mol. The zero-order chi connectivity index (χ0) is 13.1. The molecule has 0 spiro atoms. The number of nitrogens with one attached hydrogen (secondary N) is 1. The van der Waals surface area contributed by atoms with Crippen LogP contribution in [0.4, 0.5) is 0 Å². The van der Waals surface area contributed by atoms with Crippen molar-refractivity contribution in [3.8, 4) is 0 Å². The summed E-state index contributed by atoms with van der Waals surface area (Å²) in [5.74, 6) is 0.116. The van der Waals surface area contributed by atoms with E-state index in [4.69, 9.17) is 5.73 Å². The molecule has 0 saturated carbocycles. The third kappa shape index (κ3) is 2.54. The largest absolute Gasteiger partial charge is 0.361 e. The van der Waals surface area contributed by atoms with Gasteiger partial charge in [0.1, 0.15) is 0 Å². The Morgan fingerprint density at radius 1 is 1.39 bits per heavy atom. The molecule has 18 heavy (non-hydrogen) atoms. The number of hydrogen-bond donors (Lipinski definition) is 2. The molecule has 2 rings (SSSR count). The Hall–Kier alpha value is -1.81. The summed E-state index contributed by atoms with van der Waals surface area (Å²) in [5.41, 5.74) is 8.95. The fourth-order valence-electron chi connectivity index (χ4n) is 2.03. The quantitative estimate of drug-likeness (QED) is 0.853. The summed E-state index contributed by atoms with van der Waals surface area (Å²) in [6.07, 6.45) is 3.29. The van der Waals surface area contributed by atoms with Crippen LogP contribution < -0.4 is 5.73 Å². The topological polar surface area (TPSA) is 62.1 Å². The average molecular weight is 245 g/mol. The maximum absolute atomic E-state index is 11.7. The first-order chi connectivity index (χ1) is 8.61. The van der Waals surface area contributed by atoms with Gasteiger partial charge < -0.3 is 15.6 Å². The van der Waals surface area contributed by atoms with Crippen LogP contribution in [0, 0.1) is 0 Å². The van der Waals surface area contributed by atoms with Crippen molar-refractivity contribution >= 4 is 16.8 Å². The van der Waals surface area contributed by atoms with Crippen LogP contribution in [0.2, 0.25) is 0 Å². The molecule has 0 fully saturated rings. The molecule has 0 aliphatic rings. The van der Waals surface area contributed by atoms with Crippen molar-refractivity contribution in [1.29, 1.82) is 0 Å². The Kier molecular flexibility index (Phi) is 3.67. The monoisotopic (exact) mass is 245 g/mol. The second kappa shape index (κ2) is 5.23. The van der Waals surface area contributed by atoms with Crippen molar-refractivity contribution in [1.82, 2.24) is 9.88 Å². The van der Waals surface area contributed by atoms with Crippen LogP contribution in [-0.2, 0) is 17.6 Å². The lowest BCUT2D eigenvalue weighted by atomic mass is 10.1. The van der Waals surface area contributed by atoms with Gasteiger partial charge in [-0.25, -0.2) is 0 Å². The first-order valence-corrected chi connectivity index (χ1v) is 6.11.